The molecule has 4 N–H and O–H groups in total. The summed E-state index contributed by atoms with van der Waals surface area (Å²) in [6, 6.07) is 0. The lowest BCUT2D eigenvalue weighted by molar-refractivity contribution is -0.0651. The molecule has 0 aliphatic carbocycles. The van der Waals surface area contributed by atoms with Crippen molar-refractivity contribution in [2.24, 2.45) is 0 Å². The highest BCUT2D eigenvalue weighted by molar-refractivity contribution is 7.72. The Morgan fingerprint density at radius 1 is 1.45 bits per heavy atom. The lowest BCUT2D eigenvalue weighted by atomic mass is 9.89. The van der Waals surface area contributed by atoms with E-state index < -0.39 is 42.0 Å². The second-order valence-corrected chi connectivity index (χ2v) is 11.0. The van der Waals surface area contributed by atoms with Crippen LogP contribution in [0.4, 0.5) is 0 Å². The van der Waals surface area contributed by atoms with Crippen LogP contribution < -0.4 is 11.2 Å². The molecule has 0 spiro atoms. The molecule has 1 aliphatic heterocycles. The fourth-order valence-electron chi connectivity index (χ4n) is 2.62. The first kappa shape index (κ1) is 17.2. The van der Waals surface area contributed by atoms with Gasteiger partial charge in [0.1, 0.15) is 17.8 Å². The predicted molar refractivity (Wildman–Crippen MR) is 87.3 cm³/mol. The molecule has 0 unspecified atom stereocenters. The first-order chi connectivity index (χ1) is 10.0. The lowest BCUT2D eigenvalue weighted by Crippen LogP contribution is -2.43. The maximum atomic E-state index is 11.9. The van der Waals surface area contributed by atoms with Gasteiger partial charge in [-0.3, -0.25) is 9.78 Å². The van der Waals surface area contributed by atoms with Crippen molar-refractivity contribution in [1.82, 2.24) is 9.97 Å². The number of aromatic nitrogens is 2. The van der Waals surface area contributed by atoms with Gasteiger partial charge >= 0.3 is 5.69 Å². The van der Waals surface area contributed by atoms with E-state index in [-0.39, 0.29) is 5.56 Å². The zero-order valence-corrected chi connectivity index (χ0v) is 13.9. The van der Waals surface area contributed by atoms with Crippen LogP contribution in [-0.2, 0) is 4.74 Å². The lowest BCUT2D eigenvalue weighted by Gasteiger charge is -2.26. The van der Waals surface area contributed by atoms with Crippen LogP contribution in [0.5, 0.6) is 0 Å². The minimum Gasteiger partial charge on any atom is -0.387 e. The van der Waals surface area contributed by atoms with E-state index >= 15 is 0 Å². The molecule has 4 atom stereocenters. The summed E-state index contributed by atoms with van der Waals surface area (Å²) < 4.78 is 5.74. The van der Waals surface area contributed by atoms with E-state index in [4.69, 9.17) is 4.74 Å². The second-order valence-electron chi connectivity index (χ2n) is 6.70. The number of aliphatic hydroxyl groups excluding tert-OH is 1. The molecule has 0 bridgehead atoms. The summed E-state index contributed by atoms with van der Waals surface area (Å²) in [5, 5.41) is 20.9. The maximum absolute atomic E-state index is 11.9. The Bertz CT molecular complexity index is 702. The number of ether oxygens (including phenoxy) is 1. The number of hydrogen-bond acceptors (Lipinski definition) is 5. The van der Waals surface area contributed by atoms with E-state index in [1.165, 1.54) is 13.1 Å². The van der Waals surface area contributed by atoms with Gasteiger partial charge in [-0.2, -0.15) is 0 Å². The minimum atomic E-state index is -1.61. The molecular formula is C14H23N2O5P. The number of hydrogen-bond donors (Lipinski definition) is 4. The Kier molecular flexibility index (Phi) is 4.55. The third kappa shape index (κ3) is 3.43. The molecule has 0 radical (unpaired) electrons. The summed E-state index contributed by atoms with van der Waals surface area (Å²) in [5.41, 5.74) is -2.78. The molecule has 2 heterocycles. The molecule has 0 aromatic carbocycles. The normalized spacial score (nSPS) is 32.3. The van der Waals surface area contributed by atoms with Gasteiger partial charge in [0.05, 0.1) is 11.7 Å². The van der Waals surface area contributed by atoms with Crippen molar-refractivity contribution < 1.29 is 14.9 Å². The molecule has 1 saturated heterocycles. The average molecular weight is 330 g/mol. The first-order valence-corrected chi connectivity index (χ1v) is 10.1. The van der Waals surface area contributed by atoms with Gasteiger partial charge < -0.3 is 19.9 Å². The molecule has 7 nitrogen and oxygen atoms in total. The van der Waals surface area contributed by atoms with Gasteiger partial charge in [0, 0.05) is 6.20 Å². The first-order valence-electron chi connectivity index (χ1n) is 7.07. The van der Waals surface area contributed by atoms with E-state index in [0.29, 0.717) is 6.42 Å². The van der Waals surface area contributed by atoms with Crippen LogP contribution in [0.15, 0.2) is 15.8 Å². The van der Waals surface area contributed by atoms with E-state index in [0.717, 1.165) is 6.16 Å². The van der Waals surface area contributed by atoms with Crippen molar-refractivity contribution in [2.45, 2.75) is 37.3 Å². The van der Waals surface area contributed by atoms with Crippen molar-refractivity contribution in [3.05, 3.63) is 32.6 Å². The highest BCUT2D eigenvalue weighted by atomic mass is 31.2. The Balaban J connectivity index is 2.28. The van der Waals surface area contributed by atoms with E-state index in [9.17, 15) is 19.8 Å². The standard InChI is InChI=1S/C14H23N2O5P/c1-14(20)10(17)9(5-6-22(2,3)4)21-11(14)8-7-15-13(19)16-12(8)18/h7,9-11,17,20H,2,5-6H2,1,3-4H3,(H2,15,16,18,19)/t9-,10-,11+,14-/m1/s1. The van der Waals surface area contributed by atoms with Crippen molar-refractivity contribution in [2.75, 3.05) is 19.5 Å². The molecule has 0 saturated carbocycles. The number of aliphatic hydroxyl groups is 2. The number of rotatable bonds is 4. The van der Waals surface area contributed by atoms with Gasteiger partial charge in [-0.15, -0.1) is 13.2 Å². The van der Waals surface area contributed by atoms with Crippen LogP contribution in [0.1, 0.15) is 25.0 Å². The summed E-state index contributed by atoms with van der Waals surface area (Å²) in [4.78, 5) is 27.4. The van der Waals surface area contributed by atoms with Gasteiger partial charge in [-0.05, 0) is 32.8 Å². The van der Waals surface area contributed by atoms with Crippen LogP contribution in [-0.4, -0.2) is 63.8 Å². The molecule has 1 fully saturated rings. The fourth-order valence-corrected chi connectivity index (χ4v) is 3.58. The molecule has 22 heavy (non-hydrogen) atoms. The molecule has 2 rings (SSSR count). The summed E-state index contributed by atoms with van der Waals surface area (Å²) in [6.45, 7) is 4.31. The smallest absolute Gasteiger partial charge is 0.325 e. The largest absolute Gasteiger partial charge is 0.387 e. The summed E-state index contributed by atoms with van der Waals surface area (Å²) in [7, 11) is 0. The van der Waals surface area contributed by atoms with Crippen molar-refractivity contribution >= 4 is 13.2 Å². The molecule has 8 heteroatoms. The molecular weight excluding hydrogens is 307 g/mol. The fraction of sp³-hybridized carbons (Fsp3) is 0.643. The highest BCUT2D eigenvalue weighted by Gasteiger charge is 2.53. The van der Waals surface area contributed by atoms with E-state index in [1.54, 1.807) is 0 Å². The van der Waals surface area contributed by atoms with Crippen LogP contribution >= 0.6 is 6.89 Å². The summed E-state index contributed by atoms with van der Waals surface area (Å²) in [6.07, 6.45) is 3.99. The monoisotopic (exact) mass is 330 g/mol. The topological polar surface area (TPSA) is 115 Å². The molecule has 1 aromatic rings. The predicted octanol–water partition coefficient (Wildman–Crippen LogP) is -0.286. The SMILES string of the molecule is C=P(C)(C)CC[C@H]1O[C@@H](c2c[nH]c(=O)[nH]c2=O)[C@](C)(O)[C@@H]1O. The Labute approximate surface area is 128 Å². The van der Waals surface area contributed by atoms with Gasteiger partial charge in [0.25, 0.3) is 5.56 Å². The second kappa shape index (κ2) is 5.81. The zero-order chi connectivity index (χ0) is 16.7. The van der Waals surface area contributed by atoms with Crippen LogP contribution in [0.25, 0.3) is 0 Å². The van der Waals surface area contributed by atoms with E-state index in [2.05, 4.69) is 29.6 Å². The Morgan fingerprint density at radius 2 is 2.09 bits per heavy atom. The van der Waals surface area contributed by atoms with Crippen LogP contribution in [0, 0.1) is 0 Å². The van der Waals surface area contributed by atoms with Crippen molar-refractivity contribution in [3.63, 3.8) is 0 Å². The third-order valence-corrected chi connectivity index (χ3v) is 5.41. The number of aromatic amines is 2. The Hall–Kier alpha value is -1.14. The van der Waals surface area contributed by atoms with Crippen molar-refractivity contribution in [1.29, 1.82) is 0 Å². The third-order valence-electron chi connectivity index (χ3n) is 3.94. The van der Waals surface area contributed by atoms with Gasteiger partial charge in [0.2, 0.25) is 0 Å². The molecule has 1 aliphatic rings. The van der Waals surface area contributed by atoms with Crippen LogP contribution in [0.2, 0.25) is 0 Å². The summed E-state index contributed by atoms with van der Waals surface area (Å²) in [5.74, 6) is 0. The van der Waals surface area contributed by atoms with Gasteiger partial charge in [-0.1, -0.05) is 0 Å². The van der Waals surface area contributed by atoms with Crippen molar-refractivity contribution in [3.8, 4) is 0 Å². The molecule has 124 valence electrons. The van der Waals surface area contributed by atoms with E-state index in [1.807, 2.05) is 0 Å². The quantitative estimate of drug-likeness (QED) is 0.567. The van der Waals surface area contributed by atoms with Crippen LogP contribution in [0.3, 0.4) is 0 Å². The minimum absolute atomic E-state index is 0.0924. The number of nitrogens with one attached hydrogen (secondary N) is 2. The maximum Gasteiger partial charge on any atom is 0.325 e. The molecule has 0 amide bonds. The summed E-state index contributed by atoms with van der Waals surface area (Å²) >= 11 is 0. The average Bonchev–Trinajstić information content (AvgIpc) is 2.59. The zero-order valence-electron chi connectivity index (χ0n) is 13.0. The Morgan fingerprint density at radius 3 is 2.64 bits per heavy atom. The molecule has 1 aromatic heterocycles. The highest BCUT2D eigenvalue weighted by Crippen LogP contribution is 2.44. The number of H-pyrrole nitrogens is 2. The van der Waals surface area contributed by atoms with Gasteiger partial charge in [-0.25, -0.2) is 4.79 Å². The van der Waals surface area contributed by atoms with Gasteiger partial charge in [0.15, 0.2) is 0 Å².